The molecule has 6 rings (SSSR count). The van der Waals surface area contributed by atoms with Gasteiger partial charge in [-0.2, -0.15) is 13.2 Å². The van der Waals surface area contributed by atoms with Crippen LogP contribution in [0.2, 0.25) is 5.02 Å². The smallest absolute Gasteiger partial charge is 0.367 e. The molecule has 0 unspecified atom stereocenters. The van der Waals surface area contributed by atoms with Gasteiger partial charge in [-0.3, -0.25) is 14.3 Å². The first-order valence-corrected chi connectivity index (χ1v) is 15.4. The number of aromatic nitrogens is 5. The van der Waals surface area contributed by atoms with Gasteiger partial charge in [-0.15, -0.1) is 21.5 Å². The van der Waals surface area contributed by atoms with Gasteiger partial charge in [-0.05, 0) is 42.5 Å². The molecule has 0 atom stereocenters. The number of piperazine rings is 1. The molecule has 0 saturated carbocycles. The summed E-state index contributed by atoms with van der Waals surface area (Å²) in [4.78, 5) is 25.7. The third-order valence-electron chi connectivity index (χ3n) is 6.86. The standard InChI is InChI=1S/C29H23ClF3N7OS2/c30-22-6-1-2-7-24(22)38-12-14-39(15-13-38)27(41)23-17-42-25(35-23)18-43-28-37-36-26(19-8-10-34-11-9-19)40(28)21-5-3-4-20(16-21)29(31,32)33/h1-11,16-17H,12-15,18H2. The zero-order valence-electron chi connectivity index (χ0n) is 22.4. The van der Waals surface area contributed by atoms with Crippen molar-refractivity contribution >= 4 is 46.3 Å². The molecule has 220 valence electrons. The molecule has 1 aliphatic heterocycles. The highest BCUT2D eigenvalue weighted by Gasteiger charge is 2.31. The summed E-state index contributed by atoms with van der Waals surface area (Å²) in [6, 6.07) is 16.1. The Morgan fingerprint density at radius 2 is 1.74 bits per heavy atom. The van der Waals surface area contributed by atoms with Crippen molar-refractivity contribution in [1.29, 1.82) is 0 Å². The van der Waals surface area contributed by atoms with Crippen molar-refractivity contribution in [2.45, 2.75) is 17.1 Å². The molecule has 5 aromatic rings. The van der Waals surface area contributed by atoms with Gasteiger partial charge < -0.3 is 9.80 Å². The number of nitrogens with zero attached hydrogens (tertiary/aromatic N) is 7. The molecule has 1 amide bonds. The number of anilines is 1. The fourth-order valence-electron chi connectivity index (χ4n) is 4.73. The SMILES string of the molecule is O=C(c1csc(CSc2nnc(-c3ccncc3)n2-c2cccc(C(F)(F)F)c2)n1)N1CCN(c2ccccc2Cl)CC1. The summed E-state index contributed by atoms with van der Waals surface area (Å²) in [6.45, 7) is 2.41. The molecule has 0 N–H and O–H groups in total. The maximum Gasteiger partial charge on any atom is 0.416 e. The van der Waals surface area contributed by atoms with Crippen LogP contribution in [0, 0.1) is 0 Å². The molecule has 0 spiro atoms. The van der Waals surface area contributed by atoms with Gasteiger partial charge in [-0.1, -0.05) is 41.6 Å². The zero-order valence-corrected chi connectivity index (χ0v) is 24.8. The number of halogens is 4. The predicted molar refractivity (Wildman–Crippen MR) is 161 cm³/mol. The highest BCUT2D eigenvalue weighted by Crippen LogP contribution is 2.34. The van der Waals surface area contributed by atoms with Crippen LogP contribution >= 0.6 is 34.7 Å². The number of rotatable bonds is 7. The van der Waals surface area contributed by atoms with Crippen molar-refractivity contribution < 1.29 is 18.0 Å². The fourth-order valence-corrected chi connectivity index (χ4v) is 6.72. The average Bonchev–Trinajstić information content (AvgIpc) is 3.68. The van der Waals surface area contributed by atoms with Crippen LogP contribution in [0.25, 0.3) is 17.1 Å². The van der Waals surface area contributed by atoms with Crippen molar-refractivity contribution in [3.8, 4) is 17.1 Å². The summed E-state index contributed by atoms with van der Waals surface area (Å²) >= 11 is 8.97. The number of amides is 1. The van der Waals surface area contributed by atoms with Crippen molar-refractivity contribution in [2.75, 3.05) is 31.1 Å². The third kappa shape index (κ3) is 6.38. The molecule has 14 heteroatoms. The highest BCUT2D eigenvalue weighted by molar-refractivity contribution is 7.98. The molecule has 0 radical (unpaired) electrons. The van der Waals surface area contributed by atoms with Gasteiger partial charge in [0.15, 0.2) is 11.0 Å². The maximum atomic E-state index is 13.5. The fraction of sp³-hybridized carbons (Fsp3) is 0.207. The Kier molecular flexibility index (Phi) is 8.37. The lowest BCUT2D eigenvalue weighted by molar-refractivity contribution is -0.137. The molecule has 0 aliphatic carbocycles. The minimum absolute atomic E-state index is 0.140. The van der Waals surface area contributed by atoms with Gasteiger partial charge in [0.1, 0.15) is 10.7 Å². The molecule has 1 aliphatic rings. The van der Waals surface area contributed by atoms with Crippen molar-refractivity contribution in [1.82, 2.24) is 29.6 Å². The van der Waals surface area contributed by atoms with E-state index in [1.165, 1.54) is 29.2 Å². The summed E-state index contributed by atoms with van der Waals surface area (Å²) in [5, 5.41) is 12.1. The monoisotopic (exact) mass is 641 g/mol. The minimum atomic E-state index is -4.50. The Bertz CT molecular complexity index is 1740. The van der Waals surface area contributed by atoms with Crippen molar-refractivity contribution in [2.24, 2.45) is 0 Å². The first-order valence-electron chi connectivity index (χ1n) is 13.2. The predicted octanol–water partition coefficient (Wildman–Crippen LogP) is 6.71. The van der Waals surface area contributed by atoms with E-state index in [2.05, 4.69) is 25.1 Å². The Morgan fingerprint density at radius 3 is 2.49 bits per heavy atom. The quantitative estimate of drug-likeness (QED) is 0.183. The van der Waals surface area contributed by atoms with Crippen LogP contribution in [0.1, 0.15) is 21.1 Å². The second-order valence-electron chi connectivity index (χ2n) is 9.57. The van der Waals surface area contributed by atoms with E-state index in [1.54, 1.807) is 45.4 Å². The molecule has 3 aromatic heterocycles. The van der Waals surface area contributed by atoms with Crippen molar-refractivity contribution in [3.05, 3.63) is 99.7 Å². The lowest BCUT2D eigenvalue weighted by Gasteiger charge is -2.36. The first kappa shape index (κ1) is 29.1. The largest absolute Gasteiger partial charge is 0.416 e. The second kappa shape index (κ2) is 12.3. The molecular weight excluding hydrogens is 619 g/mol. The van der Waals surface area contributed by atoms with E-state index in [1.807, 2.05) is 24.3 Å². The first-order chi connectivity index (χ1) is 20.8. The number of alkyl halides is 3. The Balaban J connectivity index is 1.17. The number of carbonyl (C=O) groups is 1. The van der Waals surface area contributed by atoms with Crippen LogP contribution in [-0.2, 0) is 11.9 Å². The molecule has 1 fully saturated rings. The van der Waals surface area contributed by atoms with Crippen LogP contribution in [-0.4, -0.2) is 61.7 Å². The lowest BCUT2D eigenvalue weighted by Crippen LogP contribution is -2.49. The van der Waals surface area contributed by atoms with E-state index < -0.39 is 11.7 Å². The number of pyridine rings is 1. The van der Waals surface area contributed by atoms with E-state index in [-0.39, 0.29) is 11.6 Å². The van der Waals surface area contributed by atoms with Gasteiger partial charge in [0.25, 0.3) is 5.91 Å². The van der Waals surface area contributed by atoms with Gasteiger partial charge in [0, 0.05) is 49.5 Å². The summed E-state index contributed by atoms with van der Waals surface area (Å²) in [5.74, 6) is 0.597. The molecule has 2 aromatic carbocycles. The van der Waals surface area contributed by atoms with Crippen LogP contribution in [0.5, 0.6) is 0 Å². The van der Waals surface area contributed by atoms with E-state index in [0.717, 1.165) is 17.8 Å². The van der Waals surface area contributed by atoms with Gasteiger partial charge in [0.2, 0.25) is 0 Å². The number of hydrogen-bond acceptors (Lipinski definition) is 8. The summed E-state index contributed by atoms with van der Waals surface area (Å²) < 4.78 is 42.1. The minimum Gasteiger partial charge on any atom is -0.367 e. The maximum absolute atomic E-state index is 13.5. The molecular formula is C29H23ClF3N7OS2. The van der Waals surface area contributed by atoms with Gasteiger partial charge in [-0.25, -0.2) is 4.98 Å². The van der Waals surface area contributed by atoms with Crippen LogP contribution in [0.3, 0.4) is 0 Å². The number of carbonyl (C=O) groups excluding carboxylic acids is 1. The second-order valence-corrected chi connectivity index (χ2v) is 11.9. The van der Waals surface area contributed by atoms with Crippen LogP contribution in [0.15, 0.2) is 83.6 Å². The number of thioether (sulfide) groups is 1. The summed E-state index contributed by atoms with van der Waals surface area (Å²) in [5.41, 5.74) is 1.48. The number of benzene rings is 2. The van der Waals surface area contributed by atoms with Crippen molar-refractivity contribution in [3.63, 3.8) is 0 Å². The molecule has 0 bridgehead atoms. The molecule has 43 heavy (non-hydrogen) atoms. The number of hydrogen-bond donors (Lipinski definition) is 0. The Morgan fingerprint density at radius 1 is 0.977 bits per heavy atom. The molecule has 1 saturated heterocycles. The summed E-state index contributed by atoms with van der Waals surface area (Å²) in [7, 11) is 0. The molecule has 8 nitrogen and oxygen atoms in total. The summed E-state index contributed by atoms with van der Waals surface area (Å²) in [6.07, 6.45) is -1.34. The Labute approximate surface area is 258 Å². The van der Waals surface area contributed by atoms with E-state index in [0.29, 0.717) is 64.2 Å². The molecule has 4 heterocycles. The average molecular weight is 642 g/mol. The van der Waals surface area contributed by atoms with Crippen LogP contribution in [0.4, 0.5) is 18.9 Å². The van der Waals surface area contributed by atoms with Crippen LogP contribution < -0.4 is 4.90 Å². The van der Waals surface area contributed by atoms with E-state index >= 15 is 0 Å². The number of thiazole rings is 1. The van der Waals surface area contributed by atoms with Gasteiger partial charge >= 0.3 is 6.18 Å². The highest BCUT2D eigenvalue weighted by atomic mass is 35.5. The lowest BCUT2D eigenvalue weighted by atomic mass is 10.2. The normalized spacial score (nSPS) is 13.9. The number of para-hydroxylation sites is 1. The topological polar surface area (TPSA) is 80.0 Å². The van der Waals surface area contributed by atoms with E-state index in [4.69, 9.17) is 11.6 Å². The zero-order chi connectivity index (χ0) is 30.0. The van der Waals surface area contributed by atoms with Gasteiger partial charge in [0.05, 0.1) is 27.7 Å². The Hall–Kier alpha value is -3.94. The third-order valence-corrected chi connectivity index (χ3v) is 9.15. The van der Waals surface area contributed by atoms with E-state index in [9.17, 15) is 18.0 Å².